The minimum atomic E-state index is -0.456. The third kappa shape index (κ3) is 2.88. The maximum absolute atomic E-state index is 13.7. The number of hydrogen-bond donors (Lipinski definition) is 2. The minimum absolute atomic E-state index is 0.0522. The first-order valence-corrected chi connectivity index (χ1v) is 6.43. The first kappa shape index (κ1) is 14.3. The second kappa shape index (κ2) is 5.87. The van der Waals surface area contributed by atoms with Gasteiger partial charge in [0.05, 0.1) is 12.1 Å². The molecule has 1 aromatic heterocycles. The summed E-state index contributed by atoms with van der Waals surface area (Å²) in [5.74, 6) is -0.687. The quantitative estimate of drug-likeness (QED) is 0.388. The van der Waals surface area contributed by atoms with Crippen LogP contribution in [0.25, 0.3) is 0 Å². The fourth-order valence-corrected chi connectivity index (χ4v) is 2.17. The lowest BCUT2D eigenvalue weighted by molar-refractivity contribution is 0.318. The zero-order valence-electron chi connectivity index (χ0n) is 10.3. The average Bonchev–Trinajstić information content (AvgIpc) is 2.44. The van der Waals surface area contributed by atoms with E-state index in [1.54, 1.807) is 18.2 Å². The molecule has 1 heterocycles. The normalized spacial score (nSPS) is 11.6. The van der Waals surface area contributed by atoms with Gasteiger partial charge in [0.1, 0.15) is 5.82 Å². The van der Waals surface area contributed by atoms with Gasteiger partial charge in [-0.25, -0.2) is 4.39 Å². The van der Waals surface area contributed by atoms with Gasteiger partial charge in [-0.1, -0.05) is 21.1 Å². The zero-order valence-corrected chi connectivity index (χ0v) is 11.8. The van der Waals surface area contributed by atoms with E-state index in [0.29, 0.717) is 5.56 Å². The summed E-state index contributed by atoms with van der Waals surface area (Å²) < 4.78 is 15.7. The SMILES string of the molecule is N/C(=N/O)c1cccn(Cc2cc(Br)ccc2F)c1=O. The second-order valence-corrected chi connectivity index (χ2v) is 4.99. The van der Waals surface area contributed by atoms with E-state index in [9.17, 15) is 9.18 Å². The van der Waals surface area contributed by atoms with Crippen LogP contribution >= 0.6 is 15.9 Å². The molecule has 0 aliphatic heterocycles. The number of hydrogen-bond acceptors (Lipinski definition) is 3. The number of amidine groups is 1. The lowest BCUT2D eigenvalue weighted by Gasteiger charge is -2.09. The van der Waals surface area contributed by atoms with Gasteiger partial charge in [0.15, 0.2) is 5.84 Å². The summed E-state index contributed by atoms with van der Waals surface area (Å²) in [6.45, 7) is 0.0522. The molecule has 0 saturated carbocycles. The van der Waals surface area contributed by atoms with Crippen LogP contribution in [-0.2, 0) is 6.54 Å². The number of rotatable bonds is 3. The molecular weight excluding hydrogens is 329 g/mol. The van der Waals surface area contributed by atoms with Crippen LogP contribution in [0.5, 0.6) is 0 Å². The Morgan fingerprint density at radius 3 is 2.90 bits per heavy atom. The van der Waals surface area contributed by atoms with Crippen molar-refractivity contribution in [3.8, 4) is 0 Å². The van der Waals surface area contributed by atoms with Crippen LogP contribution in [-0.4, -0.2) is 15.6 Å². The lowest BCUT2D eigenvalue weighted by atomic mass is 10.2. The highest BCUT2D eigenvalue weighted by atomic mass is 79.9. The summed E-state index contributed by atoms with van der Waals surface area (Å²) in [5.41, 5.74) is 5.38. The predicted octanol–water partition coefficient (Wildman–Crippen LogP) is 1.89. The van der Waals surface area contributed by atoms with E-state index in [0.717, 1.165) is 4.47 Å². The highest BCUT2D eigenvalue weighted by Crippen LogP contribution is 2.16. The molecule has 0 atom stereocenters. The van der Waals surface area contributed by atoms with Crippen molar-refractivity contribution in [3.05, 3.63) is 68.3 Å². The number of nitrogens with two attached hydrogens (primary N) is 1. The molecule has 0 aliphatic rings. The summed E-state index contributed by atoms with van der Waals surface area (Å²) in [7, 11) is 0. The maximum Gasteiger partial charge on any atom is 0.261 e. The van der Waals surface area contributed by atoms with Crippen LogP contribution < -0.4 is 11.3 Å². The zero-order chi connectivity index (χ0) is 14.7. The molecule has 0 fully saturated rings. The van der Waals surface area contributed by atoms with E-state index < -0.39 is 11.4 Å². The molecular formula is C13H11BrFN3O2. The summed E-state index contributed by atoms with van der Waals surface area (Å²) in [4.78, 5) is 12.1. The van der Waals surface area contributed by atoms with Crippen LogP contribution in [0.2, 0.25) is 0 Å². The van der Waals surface area contributed by atoms with Crippen molar-refractivity contribution >= 4 is 21.8 Å². The van der Waals surface area contributed by atoms with E-state index in [4.69, 9.17) is 10.9 Å². The van der Waals surface area contributed by atoms with Crippen molar-refractivity contribution < 1.29 is 9.60 Å². The molecule has 1 aromatic carbocycles. The molecule has 2 rings (SSSR count). The molecule has 0 radical (unpaired) electrons. The summed E-state index contributed by atoms with van der Waals surface area (Å²) in [5, 5.41) is 11.4. The molecule has 2 aromatic rings. The Morgan fingerprint density at radius 2 is 2.20 bits per heavy atom. The highest BCUT2D eigenvalue weighted by Gasteiger charge is 2.10. The van der Waals surface area contributed by atoms with Crippen LogP contribution in [0.3, 0.4) is 0 Å². The Balaban J connectivity index is 2.45. The molecule has 0 amide bonds. The number of benzene rings is 1. The van der Waals surface area contributed by atoms with Crippen molar-refractivity contribution in [2.24, 2.45) is 10.9 Å². The van der Waals surface area contributed by atoms with Crippen LogP contribution in [0.4, 0.5) is 4.39 Å². The molecule has 20 heavy (non-hydrogen) atoms. The number of oxime groups is 1. The summed E-state index contributed by atoms with van der Waals surface area (Å²) in [6.07, 6.45) is 1.51. The van der Waals surface area contributed by atoms with Crippen molar-refractivity contribution in [1.82, 2.24) is 4.57 Å². The van der Waals surface area contributed by atoms with Crippen LogP contribution in [0.15, 0.2) is 51.0 Å². The largest absolute Gasteiger partial charge is 0.409 e. The number of nitrogens with zero attached hydrogens (tertiary/aromatic N) is 2. The molecule has 0 aliphatic carbocycles. The lowest BCUT2D eigenvalue weighted by Crippen LogP contribution is -2.30. The molecule has 0 spiro atoms. The van der Waals surface area contributed by atoms with Gasteiger partial charge in [0.2, 0.25) is 0 Å². The van der Waals surface area contributed by atoms with Crippen LogP contribution in [0, 0.1) is 5.82 Å². The van der Waals surface area contributed by atoms with Gasteiger partial charge >= 0.3 is 0 Å². The van der Waals surface area contributed by atoms with Crippen molar-refractivity contribution in [3.63, 3.8) is 0 Å². The third-order valence-corrected chi connectivity index (χ3v) is 3.25. The Labute approximate surface area is 122 Å². The van der Waals surface area contributed by atoms with Gasteiger partial charge in [0.25, 0.3) is 5.56 Å². The highest BCUT2D eigenvalue weighted by molar-refractivity contribution is 9.10. The second-order valence-electron chi connectivity index (χ2n) is 4.08. The third-order valence-electron chi connectivity index (χ3n) is 2.75. The monoisotopic (exact) mass is 339 g/mol. The molecule has 104 valence electrons. The summed E-state index contributed by atoms with van der Waals surface area (Å²) in [6, 6.07) is 7.50. The summed E-state index contributed by atoms with van der Waals surface area (Å²) >= 11 is 3.25. The smallest absolute Gasteiger partial charge is 0.261 e. The van der Waals surface area contributed by atoms with Gasteiger partial charge in [0, 0.05) is 16.2 Å². The molecule has 0 saturated heterocycles. The minimum Gasteiger partial charge on any atom is -0.409 e. The molecule has 0 bridgehead atoms. The first-order valence-electron chi connectivity index (χ1n) is 5.64. The Bertz CT molecular complexity index is 728. The van der Waals surface area contributed by atoms with E-state index in [1.165, 1.54) is 22.9 Å². The topological polar surface area (TPSA) is 80.6 Å². The van der Waals surface area contributed by atoms with Crippen molar-refractivity contribution in [2.45, 2.75) is 6.54 Å². The first-order chi connectivity index (χ1) is 9.52. The number of aromatic nitrogens is 1. The molecule has 0 unspecified atom stereocenters. The molecule has 3 N–H and O–H groups in total. The van der Waals surface area contributed by atoms with E-state index in [1.807, 2.05) is 0 Å². The molecule has 5 nitrogen and oxygen atoms in total. The van der Waals surface area contributed by atoms with Gasteiger partial charge < -0.3 is 15.5 Å². The number of halogens is 2. The standard InChI is InChI=1S/C13H11BrFN3O2/c14-9-3-4-11(15)8(6-9)7-18-5-1-2-10(13(18)19)12(16)17-20/h1-6,20H,7H2,(H2,16,17). The van der Waals surface area contributed by atoms with Gasteiger partial charge in [-0.15, -0.1) is 0 Å². The molecule has 7 heteroatoms. The van der Waals surface area contributed by atoms with Crippen molar-refractivity contribution in [2.75, 3.05) is 0 Å². The van der Waals surface area contributed by atoms with Gasteiger partial charge in [-0.3, -0.25) is 4.79 Å². The van der Waals surface area contributed by atoms with E-state index >= 15 is 0 Å². The fourth-order valence-electron chi connectivity index (χ4n) is 1.76. The van der Waals surface area contributed by atoms with Crippen LogP contribution in [0.1, 0.15) is 11.1 Å². The maximum atomic E-state index is 13.7. The fraction of sp³-hybridized carbons (Fsp3) is 0.0769. The van der Waals surface area contributed by atoms with E-state index in [-0.39, 0.29) is 17.9 Å². The van der Waals surface area contributed by atoms with Gasteiger partial charge in [-0.05, 0) is 30.3 Å². The van der Waals surface area contributed by atoms with Crippen molar-refractivity contribution in [1.29, 1.82) is 0 Å². The van der Waals surface area contributed by atoms with E-state index in [2.05, 4.69) is 21.1 Å². The van der Waals surface area contributed by atoms with Gasteiger partial charge in [-0.2, -0.15) is 0 Å². The Morgan fingerprint density at radius 1 is 1.45 bits per heavy atom. The number of pyridine rings is 1. The Kier molecular flexibility index (Phi) is 4.19. The average molecular weight is 340 g/mol. The predicted molar refractivity (Wildman–Crippen MR) is 76.4 cm³/mol. The Hall–Kier alpha value is -2.15.